The average molecular weight is 495 g/mol. The first kappa shape index (κ1) is 20.7. The fraction of sp³-hybridized carbons (Fsp3) is 0.240. The number of nitrogens with zero attached hydrogens (tertiary/aromatic N) is 2. The Hall–Kier alpha value is -3.19. The van der Waals surface area contributed by atoms with Gasteiger partial charge in [0.25, 0.3) is 0 Å². The Morgan fingerprint density at radius 1 is 0.906 bits per heavy atom. The van der Waals surface area contributed by atoms with Crippen LogP contribution in [0.2, 0.25) is 0 Å². The molecule has 7 heteroatoms. The van der Waals surface area contributed by atoms with E-state index in [1.807, 2.05) is 53.5 Å². The molecule has 2 aliphatic rings. The van der Waals surface area contributed by atoms with Crippen molar-refractivity contribution in [2.75, 3.05) is 21.3 Å². The fourth-order valence-electron chi connectivity index (χ4n) is 4.26. The number of ether oxygens (including phenoxy) is 4. The van der Waals surface area contributed by atoms with Gasteiger partial charge in [-0.3, -0.25) is 0 Å². The predicted molar refractivity (Wildman–Crippen MR) is 126 cm³/mol. The quantitative estimate of drug-likeness (QED) is 0.454. The summed E-state index contributed by atoms with van der Waals surface area (Å²) in [6.45, 7) is 0. The maximum absolute atomic E-state index is 6.48. The first-order valence-corrected chi connectivity index (χ1v) is 11.1. The molecule has 0 radical (unpaired) electrons. The highest BCUT2D eigenvalue weighted by Gasteiger charge is 2.42. The van der Waals surface area contributed by atoms with Crippen molar-refractivity contribution in [1.29, 1.82) is 0 Å². The van der Waals surface area contributed by atoms with Crippen LogP contribution in [0, 0.1) is 0 Å². The van der Waals surface area contributed by atoms with Gasteiger partial charge in [0.05, 0.1) is 38.6 Å². The van der Waals surface area contributed by atoms with Crippen LogP contribution in [0.1, 0.15) is 35.4 Å². The fourth-order valence-corrected chi connectivity index (χ4v) is 4.64. The monoisotopic (exact) mass is 494 g/mol. The maximum atomic E-state index is 6.48. The van der Waals surface area contributed by atoms with Gasteiger partial charge in [0, 0.05) is 28.1 Å². The van der Waals surface area contributed by atoms with Crippen LogP contribution in [-0.4, -0.2) is 32.0 Å². The zero-order valence-electron chi connectivity index (χ0n) is 18.0. The van der Waals surface area contributed by atoms with Crippen molar-refractivity contribution in [1.82, 2.24) is 5.01 Å². The van der Waals surface area contributed by atoms with Crippen LogP contribution in [0.5, 0.6) is 23.0 Å². The summed E-state index contributed by atoms with van der Waals surface area (Å²) in [7, 11) is 4.96. The number of hydrogen-bond acceptors (Lipinski definition) is 6. The van der Waals surface area contributed by atoms with Gasteiger partial charge in [0.1, 0.15) is 23.0 Å². The number of methoxy groups -OCH3 is 3. The van der Waals surface area contributed by atoms with E-state index in [0.29, 0.717) is 5.75 Å². The number of hydrazone groups is 1. The molecule has 0 aromatic heterocycles. The van der Waals surface area contributed by atoms with Crippen molar-refractivity contribution < 1.29 is 18.9 Å². The lowest BCUT2D eigenvalue weighted by Crippen LogP contribution is -2.34. The van der Waals surface area contributed by atoms with Crippen LogP contribution < -0.4 is 18.9 Å². The molecule has 3 aromatic carbocycles. The van der Waals surface area contributed by atoms with Crippen LogP contribution in [0.25, 0.3) is 0 Å². The molecule has 2 aliphatic heterocycles. The molecule has 164 valence electrons. The van der Waals surface area contributed by atoms with E-state index in [4.69, 9.17) is 24.0 Å². The average Bonchev–Trinajstić information content (AvgIpc) is 3.29. The first-order chi connectivity index (χ1) is 15.6. The molecule has 0 saturated heterocycles. The summed E-state index contributed by atoms with van der Waals surface area (Å²) in [4.78, 5) is 0. The second-order valence-corrected chi connectivity index (χ2v) is 8.55. The summed E-state index contributed by atoms with van der Waals surface area (Å²) in [6, 6.07) is 19.9. The zero-order valence-corrected chi connectivity index (χ0v) is 19.6. The van der Waals surface area contributed by atoms with Gasteiger partial charge < -0.3 is 18.9 Å². The van der Waals surface area contributed by atoms with Crippen molar-refractivity contribution in [3.05, 3.63) is 81.8 Å². The van der Waals surface area contributed by atoms with E-state index in [1.165, 1.54) is 0 Å². The van der Waals surface area contributed by atoms with Crippen molar-refractivity contribution >= 4 is 21.6 Å². The van der Waals surface area contributed by atoms with Gasteiger partial charge >= 0.3 is 0 Å². The zero-order chi connectivity index (χ0) is 22.2. The third-order valence-corrected chi connectivity index (χ3v) is 6.35. The van der Waals surface area contributed by atoms with Crippen molar-refractivity contribution in [2.45, 2.75) is 18.7 Å². The Morgan fingerprint density at radius 2 is 1.72 bits per heavy atom. The molecule has 3 aromatic rings. The second-order valence-electron chi connectivity index (χ2n) is 7.64. The number of hydrogen-bond donors (Lipinski definition) is 0. The third kappa shape index (κ3) is 3.56. The summed E-state index contributed by atoms with van der Waals surface area (Å²) in [5, 5.41) is 7.06. The summed E-state index contributed by atoms with van der Waals surface area (Å²) in [5.74, 6) is 3.07. The third-order valence-electron chi connectivity index (χ3n) is 5.86. The summed E-state index contributed by atoms with van der Waals surface area (Å²) < 4.78 is 24.0. The van der Waals surface area contributed by atoms with E-state index < -0.39 is 6.23 Å². The van der Waals surface area contributed by atoms with E-state index in [0.717, 1.165) is 50.5 Å². The minimum atomic E-state index is -0.433. The molecule has 5 rings (SSSR count). The predicted octanol–water partition coefficient (Wildman–Crippen LogP) is 5.72. The van der Waals surface area contributed by atoms with Gasteiger partial charge in [-0.05, 0) is 42.5 Å². The Bertz CT molecular complexity index is 1200. The van der Waals surface area contributed by atoms with E-state index >= 15 is 0 Å². The van der Waals surface area contributed by atoms with E-state index in [1.54, 1.807) is 21.3 Å². The Balaban J connectivity index is 1.61. The highest BCUT2D eigenvalue weighted by Crippen LogP contribution is 2.49. The van der Waals surface area contributed by atoms with Gasteiger partial charge in [-0.2, -0.15) is 5.10 Å². The van der Waals surface area contributed by atoms with Crippen LogP contribution >= 0.6 is 15.9 Å². The van der Waals surface area contributed by atoms with Crippen molar-refractivity contribution in [3.8, 4) is 23.0 Å². The molecule has 2 heterocycles. The molecule has 32 heavy (non-hydrogen) atoms. The Labute approximate surface area is 195 Å². The molecule has 0 amide bonds. The normalized spacial score (nSPS) is 18.9. The van der Waals surface area contributed by atoms with E-state index in [2.05, 4.69) is 28.1 Å². The van der Waals surface area contributed by atoms with E-state index in [-0.39, 0.29) is 6.04 Å². The Morgan fingerprint density at radius 3 is 2.50 bits per heavy atom. The summed E-state index contributed by atoms with van der Waals surface area (Å²) in [6.07, 6.45) is 0.326. The molecule has 0 saturated carbocycles. The van der Waals surface area contributed by atoms with E-state index in [9.17, 15) is 0 Å². The minimum absolute atomic E-state index is 0.0364. The SMILES string of the molecule is COc1cccc(C2=NN3[C@H](C2)c2cc(Br)ccc2O[C@@H]3c2ccc(OC)cc2OC)c1. The van der Waals surface area contributed by atoms with Gasteiger partial charge in [-0.1, -0.05) is 28.1 Å². The minimum Gasteiger partial charge on any atom is -0.497 e. The molecule has 0 spiro atoms. The van der Waals surface area contributed by atoms with Gasteiger partial charge in [-0.25, -0.2) is 5.01 Å². The van der Waals surface area contributed by atoms with Crippen molar-refractivity contribution in [3.63, 3.8) is 0 Å². The lowest BCUT2D eigenvalue weighted by Gasteiger charge is -2.38. The van der Waals surface area contributed by atoms with Crippen molar-refractivity contribution in [2.24, 2.45) is 5.10 Å². The molecular formula is C25H23BrN2O4. The highest BCUT2D eigenvalue weighted by atomic mass is 79.9. The standard InChI is InChI=1S/C25H23BrN2O4/c1-29-17-6-4-5-15(11-17)21-14-22-20-12-16(26)7-10-23(20)32-25(28(22)27-21)19-9-8-18(30-2)13-24(19)31-3/h4-13,22,25H,14H2,1-3H3/t22-,25-/m1/s1. The molecule has 0 bridgehead atoms. The highest BCUT2D eigenvalue weighted by molar-refractivity contribution is 9.10. The molecule has 0 N–H and O–H groups in total. The largest absolute Gasteiger partial charge is 0.497 e. The van der Waals surface area contributed by atoms with Crippen LogP contribution in [-0.2, 0) is 0 Å². The number of halogens is 1. The van der Waals surface area contributed by atoms with Crippen LogP contribution in [0.15, 0.2) is 70.2 Å². The molecule has 2 atom stereocenters. The molecule has 0 fully saturated rings. The first-order valence-electron chi connectivity index (χ1n) is 10.3. The lowest BCUT2D eigenvalue weighted by molar-refractivity contribution is -0.0204. The second kappa shape index (κ2) is 8.39. The number of rotatable bonds is 5. The Kier molecular flexibility index (Phi) is 5.43. The van der Waals surface area contributed by atoms with Gasteiger partial charge in [-0.15, -0.1) is 0 Å². The molecule has 6 nitrogen and oxygen atoms in total. The number of benzene rings is 3. The van der Waals surface area contributed by atoms with Gasteiger partial charge in [0.15, 0.2) is 0 Å². The summed E-state index contributed by atoms with van der Waals surface area (Å²) in [5.41, 5.74) is 4.02. The molecule has 0 aliphatic carbocycles. The topological polar surface area (TPSA) is 52.5 Å². The van der Waals surface area contributed by atoms with Gasteiger partial charge in [0.2, 0.25) is 6.23 Å². The summed E-state index contributed by atoms with van der Waals surface area (Å²) >= 11 is 3.60. The van der Waals surface area contributed by atoms with Crippen LogP contribution in [0.4, 0.5) is 0 Å². The maximum Gasteiger partial charge on any atom is 0.217 e. The van der Waals surface area contributed by atoms with Crippen LogP contribution in [0.3, 0.4) is 0 Å². The smallest absolute Gasteiger partial charge is 0.217 e. The molecule has 0 unspecified atom stereocenters. The lowest BCUT2D eigenvalue weighted by atomic mass is 9.95. The number of fused-ring (bicyclic) bond motifs is 3. The molecular weight excluding hydrogens is 472 g/mol.